The van der Waals surface area contributed by atoms with Gasteiger partial charge in [-0.1, -0.05) is 34.8 Å². The molecule has 1 aromatic heterocycles. The maximum absolute atomic E-state index is 12.6. The Hall–Kier alpha value is -5.51. The number of carbonyl (C=O) groups is 2. The molecule has 12 nitrogen and oxygen atoms in total. The monoisotopic (exact) mass is 812 g/mol. The number of carboxylic acids is 2. The summed E-state index contributed by atoms with van der Waals surface area (Å²) in [5, 5.41) is 29.8. The van der Waals surface area contributed by atoms with Crippen LogP contribution in [0.15, 0.2) is 85.1 Å². The van der Waals surface area contributed by atoms with Crippen molar-refractivity contribution in [3.05, 3.63) is 121 Å². The molecule has 5 aromatic rings. The number of aromatic nitrogens is 1. The predicted molar refractivity (Wildman–Crippen MR) is 195 cm³/mol. The van der Waals surface area contributed by atoms with Crippen LogP contribution in [0.1, 0.15) is 25.0 Å². The highest BCUT2D eigenvalue weighted by atomic mass is 35.5. The highest BCUT2D eigenvalue weighted by Crippen LogP contribution is 2.38. The van der Waals surface area contributed by atoms with Crippen molar-refractivity contribution in [1.82, 2.24) is 4.98 Å². The zero-order valence-corrected chi connectivity index (χ0v) is 30.7. The van der Waals surface area contributed by atoms with E-state index in [-0.39, 0.29) is 34.6 Å². The summed E-state index contributed by atoms with van der Waals surface area (Å²) in [7, 11) is 0. The molecule has 5 rings (SSSR count). The summed E-state index contributed by atoms with van der Waals surface area (Å²) >= 11 is 17.5. The van der Waals surface area contributed by atoms with E-state index in [1.165, 1.54) is 25.1 Å². The second-order valence-electron chi connectivity index (χ2n) is 10.7. The second kappa shape index (κ2) is 19.5. The third-order valence-corrected chi connectivity index (χ3v) is 7.59. The number of halogens is 6. The number of nitro benzene ring substituents is 1. The third-order valence-electron chi connectivity index (χ3n) is 6.73. The summed E-state index contributed by atoms with van der Waals surface area (Å²) in [5.74, 6) is -0.931. The number of benzene rings is 4. The van der Waals surface area contributed by atoms with Crippen molar-refractivity contribution < 1.29 is 56.8 Å². The van der Waals surface area contributed by atoms with Crippen LogP contribution in [-0.2, 0) is 15.8 Å². The van der Waals surface area contributed by atoms with Crippen molar-refractivity contribution in [3.8, 4) is 28.7 Å². The lowest BCUT2D eigenvalue weighted by Gasteiger charge is -2.12. The minimum Gasteiger partial charge on any atom is -0.487 e. The number of fused-ring (bicyclic) bond motifs is 1. The summed E-state index contributed by atoms with van der Waals surface area (Å²) in [6.45, 7) is 4.76. The molecule has 0 radical (unpaired) electrons. The Morgan fingerprint density at radius 2 is 1.57 bits per heavy atom. The van der Waals surface area contributed by atoms with E-state index in [2.05, 4.69) is 4.98 Å². The summed E-state index contributed by atoms with van der Waals surface area (Å²) < 4.78 is 58.7. The highest BCUT2D eigenvalue weighted by Gasteiger charge is 2.31. The number of aryl methyl sites for hydroxylation is 1. The van der Waals surface area contributed by atoms with Gasteiger partial charge in [-0.3, -0.25) is 15.1 Å². The first kappa shape index (κ1) is 42.9. The Balaban J connectivity index is 0.000000228. The van der Waals surface area contributed by atoms with Crippen molar-refractivity contribution in [1.29, 1.82) is 0 Å². The van der Waals surface area contributed by atoms with Crippen molar-refractivity contribution in [2.24, 2.45) is 0 Å². The van der Waals surface area contributed by atoms with Crippen molar-refractivity contribution in [2.75, 3.05) is 13.2 Å². The number of nitrogens with zero attached hydrogens (tertiary/aromatic N) is 2. The molecule has 1 atom stereocenters. The lowest BCUT2D eigenvalue weighted by Crippen LogP contribution is -2.23. The number of rotatable bonds is 11. The molecule has 286 valence electrons. The Labute approximate surface area is 320 Å². The van der Waals surface area contributed by atoms with Gasteiger partial charge in [0.15, 0.2) is 12.7 Å². The molecule has 0 aliphatic heterocycles. The van der Waals surface area contributed by atoms with Gasteiger partial charge in [-0.25, -0.2) is 9.59 Å². The van der Waals surface area contributed by atoms with Crippen LogP contribution in [0, 0.1) is 17.0 Å². The molecule has 0 bridgehead atoms. The lowest BCUT2D eigenvalue weighted by molar-refractivity contribution is -0.385. The minimum absolute atomic E-state index is 0.0111. The van der Waals surface area contributed by atoms with Crippen LogP contribution in [-0.4, -0.2) is 51.4 Å². The minimum atomic E-state index is -4.52. The summed E-state index contributed by atoms with van der Waals surface area (Å²) in [4.78, 5) is 35.4. The van der Waals surface area contributed by atoms with E-state index in [9.17, 15) is 32.9 Å². The van der Waals surface area contributed by atoms with Crippen molar-refractivity contribution >= 4 is 63.3 Å². The second-order valence-corrected chi connectivity index (χ2v) is 12.0. The Bertz CT molecular complexity index is 2120. The molecule has 0 amide bonds. The first-order chi connectivity index (χ1) is 25.4. The number of hydrogen-bond donors (Lipinski definition) is 2. The molecular weight excluding hydrogens is 784 g/mol. The Kier molecular flexibility index (Phi) is 15.5. The molecule has 0 saturated carbocycles. The van der Waals surface area contributed by atoms with E-state index in [0.717, 1.165) is 29.1 Å². The number of pyridine rings is 1. The molecule has 1 heterocycles. The molecule has 0 aliphatic rings. The van der Waals surface area contributed by atoms with Crippen molar-refractivity contribution in [3.63, 3.8) is 0 Å². The fourth-order valence-corrected chi connectivity index (χ4v) is 4.88. The summed E-state index contributed by atoms with van der Waals surface area (Å²) in [6.07, 6.45) is -3.76. The van der Waals surface area contributed by atoms with Crippen molar-refractivity contribution in [2.45, 2.75) is 33.1 Å². The van der Waals surface area contributed by atoms with Crippen LogP contribution < -0.4 is 18.9 Å². The zero-order valence-electron chi connectivity index (χ0n) is 28.4. The van der Waals surface area contributed by atoms with Crippen LogP contribution in [0.3, 0.4) is 0 Å². The van der Waals surface area contributed by atoms with E-state index in [1.54, 1.807) is 55.6 Å². The maximum atomic E-state index is 12.6. The van der Waals surface area contributed by atoms with E-state index in [4.69, 9.17) is 64.0 Å². The molecule has 0 saturated heterocycles. The quantitative estimate of drug-likeness (QED) is 0.0962. The average Bonchev–Trinajstić information content (AvgIpc) is 3.10. The fraction of sp³-hybridized carbons (Fsp3) is 0.194. The topological polar surface area (TPSA) is 168 Å². The molecule has 0 aliphatic carbocycles. The first-order valence-corrected chi connectivity index (χ1v) is 16.5. The SMILES string of the molecule is CCOc1cc(Oc2ccc(C(F)(F)F)cc2Cl)ccc1[N+](=O)[O-].Cc1cc(Cl)ccc1OC(C)C(=O)O.O=C(O)COc1ccc(Cl)c2cccnc12. The number of ether oxygens (including phenoxy) is 4. The van der Waals surface area contributed by atoms with Gasteiger partial charge in [0.2, 0.25) is 5.75 Å². The maximum Gasteiger partial charge on any atom is 0.416 e. The number of nitro groups is 1. The molecule has 18 heteroatoms. The van der Waals surface area contributed by atoms with Crippen LogP contribution in [0.2, 0.25) is 15.1 Å². The van der Waals surface area contributed by atoms with Gasteiger partial charge < -0.3 is 29.2 Å². The summed E-state index contributed by atoms with van der Waals surface area (Å²) in [5.41, 5.74) is 0.239. The Morgan fingerprint density at radius 1 is 0.889 bits per heavy atom. The van der Waals surface area contributed by atoms with Crippen LogP contribution in [0.4, 0.5) is 18.9 Å². The molecule has 4 aromatic carbocycles. The van der Waals surface area contributed by atoms with Gasteiger partial charge in [0.25, 0.3) is 0 Å². The number of aliphatic carboxylic acids is 2. The molecule has 2 N–H and O–H groups in total. The summed E-state index contributed by atoms with van der Waals surface area (Å²) in [6, 6.07) is 18.3. The normalized spacial score (nSPS) is 11.2. The fourth-order valence-electron chi connectivity index (χ4n) is 4.22. The zero-order chi connectivity index (χ0) is 40.2. The lowest BCUT2D eigenvalue weighted by atomic mass is 10.2. The standard InChI is InChI=1S/C15H11ClF3NO4.C11H8ClNO3.C10H11ClO3/c1-2-23-14-8-10(4-5-12(14)20(21)22)24-13-6-3-9(7-11(13)16)15(17,18)19;12-8-3-4-9(16-6-10(14)15)11-7(8)2-1-5-13-11;1-6-5-8(11)3-4-9(6)14-7(2)10(12)13/h3-8H,2H2,1H3;1-5H,6H2,(H,14,15);3-5,7H,1-2H3,(H,12,13). The van der Waals surface area contributed by atoms with Gasteiger partial charge in [-0.05, 0) is 93.1 Å². The van der Waals surface area contributed by atoms with E-state index in [0.29, 0.717) is 27.1 Å². The largest absolute Gasteiger partial charge is 0.487 e. The number of hydrogen-bond acceptors (Lipinski definition) is 9. The Morgan fingerprint density at radius 3 is 2.17 bits per heavy atom. The van der Waals surface area contributed by atoms with Gasteiger partial charge >= 0.3 is 23.8 Å². The first-order valence-electron chi connectivity index (χ1n) is 15.4. The molecular formula is C36H30Cl3F3N2O10. The third kappa shape index (κ3) is 12.6. The van der Waals surface area contributed by atoms with E-state index < -0.39 is 41.3 Å². The van der Waals surface area contributed by atoms with Crippen LogP contribution in [0.5, 0.6) is 28.7 Å². The molecule has 0 fully saturated rings. The van der Waals surface area contributed by atoms with Crippen LogP contribution >= 0.6 is 34.8 Å². The van der Waals surface area contributed by atoms with Crippen LogP contribution in [0.25, 0.3) is 10.9 Å². The van der Waals surface area contributed by atoms with Gasteiger partial charge in [-0.2, -0.15) is 13.2 Å². The number of alkyl halides is 3. The van der Waals surface area contributed by atoms with E-state index in [1.807, 2.05) is 6.92 Å². The van der Waals surface area contributed by atoms with Gasteiger partial charge in [0.1, 0.15) is 28.5 Å². The van der Waals surface area contributed by atoms with Gasteiger partial charge in [0.05, 0.1) is 27.1 Å². The van der Waals surface area contributed by atoms with E-state index >= 15 is 0 Å². The predicted octanol–water partition coefficient (Wildman–Crippen LogP) is 10.3. The van der Waals surface area contributed by atoms with Gasteiger partial charge in [-0.15, -0.1) is 0 Å². The molecule has 54 heavy (non-hydrogen) atoms. The molecule has 1 unspecified atom stereocenters. The molecule has 0 spiro atoms. The number of carboxylic acid groups (broad SMARTS) is 2. The smallest absolute Gasteiger partial charge is 0.416 e. The highest BCUT2D eigenvalue weighted by molar-refractivity contribution is 6.35. The average molecular weight is 814 g/mol. The van der Waals surface area contributed by atoms with Gasteiger partial charge in [0, 0.05) is 28.7 Å².